The Hall–Kier alpha value is -2.14. The molecule has 20 heavy (non-hydrogen) atoms. The molecule has 4 heterocycles. The largest absolute Gasteiger partial charge is 0.491 e. The van der Waals surface area contributed by atoms with E-state index in [0.29, 0.717) is 6.61 Å². The summed E-state index contributed by atoms with van der Waals surface area (Å²) in [6.45, 7) is 2.61. The van der Waals surface area contributed by atoms with Crippen LogP contribution in [0.15, 0.2) is 29.3 Å². The molecule has 5 heteroatoms. The number of thiophene rings is 1. The maximum atomic E-state index is 12.2. The van der Waals surface area contributed by atoms with Crippen molar-refractivity contribution in [1.82, 2.24) is 9.97 Å². The number of hydrogen-bond acceptors (Lipinski definition) is 4. The van der Waals surface area contributed by atoms with E-state index >= 15 is 0 Å². The van der Waals surface area contributed by atoms with Crippen LogP contribution in [-0.4, -0.2) is 16.6 Å². The average molecular weight is 284 g/mol. The number of pyridine rings is 2. The predicted molar refractivity (Wildman–Crippen MR) is 79.6 cm³/mol. The minimum atomic E-state index is -0.0293. The lowest BCUT2D eigenvalue weighted by Crippen LogP contribution is -2.15. The summed E-state index contributed by atoms with van der Waals surface area (Å²) < 4.78 is 6.62. The Morgan fingerprint density at radius 3 is 2.95 bits per heavy atom. The standard InChI is InChI=1S/C15H12N2O2S/c1-8-10-4-7-19-12-11(10)14(15(18)17-8)20-13(12)9-2-5-16-6-3-9/h2-3,5-6H,4,7H2,1H3,(H,17,18). The highest BCUT2D eigenvalue weighted by Crippen LogP contribution is 2.46. The molecule has 0 radical (unpaired) electrons. The van der Waals surface area contributed by atoms with Crippen molar-refractivity contribution >= 4 is 21.4 Å². The van der Waals surface area contributed by atoms with Gasteiger partial charge in [-0.15, -0.1) is 11.3 Å². The Bertz CT molecular complexity index is 865. The summed E-state index contributed by atoms with van der Waals surface area (Å²) in [5.41, 5.74) is 3.17. The van der Waals surface area contributed by atoms with Crippen molar-refractivity contribution in [2.45, 2.75) is 13.3 Å². The Labute approximate surface area is 119 Å². The van der Waals surface area contributed by atoms with E-state index in [4.69, 9.17) is 4.74 Å². The third-order valence-electron chi connectivity index (χ3n) is 3.67. The van der Waals surface area contributed by atoms with Crippen LogP contribution in [0.5, 0.6) is 5.75 Å². The van der Waals surface area contributed by atoms with Crippen LogP contribution in [-0.2, 0) is 6.42 Å². The van der Waals surface area contributed by atoms with E-state index in [-0.39, 0.29) is 5.56 Å². The number of hydrogen-bond donors (Lipinski definition) is 1. The van der Waals surface area contributed by atoms with Gasteiger partial charge in [0.25, 0.3) is 5.56 Å². The first kappa shape index (κ1) is 11.7. The molecule has 4 nitrogen and oxygen atoms in total. The van der Waals surface area contributed by atoms with E-state index in [1.807, 2.05) is 19.1 Å². The molecule has 1 aliphatic heterocycles. The first-order valence-corrected chi connectivity index (χ1v) is 7.29. The molecule has 0 unspecified atom stereocenters. The van der Waals surface area contributed by atoms with Crippen LogP contribution >= 0.6 is 11.3 Å². The van der Waals surface area contributed by atoms with Crippen LogP contribution in [0.3, 0.4) is 0 Å². The molecule has 0 saturated heterocycles. The van der Waals surface area contributed by atoms with Gasteiger partial charge in [-0.05, 0) is 30.2 Å². The smallest absolute Gasteiger partial charge is 0.266 e. The second-order valence-electron chi connectivity index (χ2n) is 4.86. The lowest BCUT2D eigenvalue weighted by atomic mass is 10.0. The fourth-order valence-corrected chi connectivity index (χ4v) is 3.91. The summed E-state index contributed by atoms with van der Waals surface area (Å²) in [7, 11) is 0. The molecule has 0 bridgehead atoms. The van der Waals surface area contributed by atoms with Crippen molar-refractivity contribution in [2.75, 3.05) is 6.61 Å². The second-order valence-corrected chi connectivity index (χ2v) is 5.88. The highest BCUT2D eigenvalue weighted by molar-refractivity contribution is 7.22. The molecule has 1 N–H and O–H groups in total. The lowest BCUT2D eigenvalue weighted by Gasteiger charge is -2.17. The van der Waals surface area contributed by atoms with Gasteiger partial charge in [-0.3, -0.25) is 9.78 Å². The van der Waals surface area contributed by atoms with Gasteiger partial charge in [0.2, 0.25) is 0 Å². The molecule has 1 aliphatic rings. The molecular weight excluding hydrogens is 272 g/mol. The van der Waals surface area contributed by atoms with Gasteiger partial charge in [0.05, 0.1) is 11.5 Å². The topological polar surface area (TPSA) is 55.0 Å². The van der Waals surface area contributed by atoms with Gasteiger partial charge in [0, 0.05) is 29.9 Å². The summed E-state index contributed by atoms with van der Waals surface area (Å²) >= 11 is 1.49. The van der Waals surface area contributed by atoms with Crippen molar-refractivity contribution in [3.8, 4) is 16.2 Å². The van der Waals surface area contributed by atoms with Gasteiger partial charge >= 0.3 is 0 Å². The monoisotopic (exact) mass is 284 g/mol. The second kappa shape index (κ2) is 4.18. The Morgan fingerprint density at radius 2 is 2.15 bits per heavy atom. The molecule has 0 aromatic carbocycles. The van der Waals surface area contributed by atoms with Crippen LogP contribution in [0.2, 0.25) is 0 Å². The first-order valence-electron chi connectivity index (χ1n) is 6.47. The van der Waals surface area contributed by atoms with Gasteiger partial charge in [-0.2, -0.15) is 0 Å². The summed E-state index contributed by atoms with van der Waals surface area (Å²) in [6, 6.07) is 3.89. The zero-order valence-corrected chi connectivity index (χ0v) is 11.7. The molecule has 0 amide bonds. The van der Waals surface area contributed by atoms with Gasteiger partial charge in [0.1, 0.15) is 10.4 Å². The van der Waals surface area contributed by atoms with Crippen molar-refractivity contribution in [3.63, 3.8) is 0 Å². The molecule has 0 fully saturated rings. The van der Waals surface area contributed by atoms with Crippen LogP contribution in [0.25, 0.3) is 20.5 Å². The molecule has 0 spiro atoms. The highest BCUT2D eigenvalue weighted by Gasteiger charge is 2.24. The van der Waals surface area contributed by atoms with E-state index in [9.17, 15) is 4.79 Å². The van der Waals surface area contributed by atoms with E-state index < -0.39 is 0 Å². The molecule has 4 rings (SSSR count). The number of nitrogens with zero attached hydrogens (tertiary/aromatic N) is 1. The first-order chi connectivity index (χ1) is 9.75. The van der Waals surface area contributed by atoms with Crippen molar-refractivity contribution in [2.24, 2.45) is 0 Å². The molecule has 0 atom stereocenters. The zero-order valence-electron chi connectivity index (χ0n) is 10.9. The van der Waals surface area contributed by atoms with E-state index in [1.54, 1.807) is 12.4 Å². The maximum Gasteiger partial charge on any atom is 0.266 e. The minimum absolute atomic E-state index is 0.0293. The fraction of sp³-hybridized carbons (Fsp3) is 0.200. The normalized spacial score (nSPS) is 13.4. The fourth-order valence-electron chi connectivity index (χ4n) is 2.74. The number of aryl methyl sites for hydroxylation is 1. The maximum absolute atomic E-state index is 12.2. The van der Waals surface area contributed by atoms with Gasteiger partial charge in [-0.1, -0.05) is 0 Å². The number of rotatable bonds is 1. The number of aromatic amines is 1. The lowest BCUT2D eigenvalue weighted by molar-refractivity contribution is 0.320. The Morgan fingerprint density at radius 1 is 1.35 bits per heavy atom. The number of aromatic nitrogens is 2. The zero-order chi connectivity index (χ0) is 13.7. The van der Waals surface area contributed by atoms with Crippen molar-refractivity contribution < 1.29 is 4.74 Å². The molecule has 0 aliphatic carbocycles. The number of ether oxygens (including phenoxy) is 1. The molecule has 3 aromatic heterocycles. The van der Waals surface area contributed by atoms with Crippen LogP contribution in [0, 0.1) is 6.92 Å². The van der Waals surface area contributed by atoms with Gasteiger partial charge in [-0.25, -0.2) is 0 Å². The van der Waals surface area contributed by atoms with Crippen molar-refractivity contribution in [1.29, 1.82) is 0 Å². The number of nitrogens with one attached hydrogen (secondary N) is 1. The van der Waals surface area contributed by atoms with E-state index in [2.05, 4.69) is 9.97 Å². The molecule has 100 valence electrons. The SMILES string of the molecule is Cc1[nH]c(=O)c2sc(-c3ccncc3)c3c2c1CCO3. The third-order valence-corrected chi connectivity index (χ3v) is 4.89. The van der Waals surface area contributed by atoms with Crippen LogP contribution in [0.1, 0.15) is 11.3 Å². The summed E-state index contributed by atoms with van der Waals surface area (Å²) in [5.74, 6) is 0.853. The Balaban J connectivity index is 2.14. The van der Waals surface area contributed by atoms with Crippen molar-refractivity contribution in [3.05, 3.63) is 46.1 Å². The third kappa shape index (κ3) is 1.53. The summed E-state index contributed by atoms with van der Waals surface area (Å²) in [6.07, 6.45) is 4.36. The average Bonchev–Trinajstić information content (AvgIpc) is 2.87. The van der Waals surface area contributed by atoms with E-state index in [1.165, 1.54) is 16.9 Å². The highest BCUT2D eigenvalue weighted by atomic mass is 32.1. The minimum Gasteiger partial charge on any atom is -0.491 e. The summed E-state index contributed by atoms with van der Waals surface area (Å²) in [4.78, 5) is 20.2. The van der Waals surface area contributed by atoms with Gasteiger partial charge < -0.3 is 9.72 Å². The molecular formula is C15H12N2O2S. The number of H-pyrrole nitrogens is 1. The predicted octanol–water partition coefficient (Wildman–Crippen LogP) is 2.89. The van der Waals surface area contributed by atoms with Crippen LogP contribution < -0.4 is 10.3 Å². The van der Waals surface area contributed by atoms with Crippen LogP contribution in [0.4, 0.5) is 0 Å². The quantitative estimate of drug-likeness (QED) is 0.747. The summed E-state index contributed by atoms with van der Waals surface area (Å²) in [5, 5.41) is 0.995. The van der Waals surface area contributed by atoms with Gasteiger partial charge in [0.15, 0.2) is 0 Å². The molecule has 3 aromatic rings. The Kier molecular flexibility index (Phi) is 2.44. The molecule has 0 saturated carbocycles. The van der Waals surface area contributed by atoms with E-state index in [0.717, 1.165) is 38.4 Å².